The number of hydrogen-bond donors (Lipinski definition) is 1. The molecule has 1 saturated heterocycles. The Labute approximate surface area is 174 Å². The number of carbonyl (C=O) groups is 2. The molecule has 0 spiro atoms. The van der Waals surface area contributed by atoms with E-state index in [-0.39, 0.29) is 18.2 Å². The molecule has 0 radical (unpaired) electrons. The summed E-state index contributed by atoms with van der Waals surface area (Å²) in [7, 11) is 0. The van der Waals surface area contributed by atoms with Crippen molar-refractivity contribution in [1.82, 2.24) is 24.5 Å². The zero-order valence-corrected chi connectivity index (χ0v) is 17.4. The zero-order valence-electron chi connectivity index (χ0n) is 17.4. The highest BCUT2D eigenvalue weighted by atomic mass is 16.2. The van der Waals surface area contributed by atoms with E-state index in [1.165, 1.54) is 0 Å². The van der Waals surface area contributed by atoms with Crippen molar-refractivity contribution in [1.29, 1.82) is 0 Å². The van der Waals surface area contributed by atoms with Gasteiger partial charge in [-0.25, -0.2) is 0 Å². The lowest BCUT2D eigenvalue weighted by molar-refractivity contribution is -0.122. The molecular weight excluding hydrogens is 382 g/mol. The smallest absolute Gasteiger partial charge is 0.229 e. The van der Waals surface area contributed by atoms with Gasteiger partial charge in [0.05, 0.1) is 11.6 Å². The lowest BCUT2D eigenvalue weighted by Crippen LogP contribution is -2.28. The Morgan fingerprint density at radius 1 is 1.17 bits per heavy atom. The molecule has 0 aliphatic carbocycles. The third-order valence-electron chi connectivity index (χ3n) is 5.38. The first-order valence-corrected chi connectivity index (χ1v) is 10.1. The number of amides is 2. The maximum atomic E-state index is 13.1. The third kappa shape index (κ3) is 3.70. The van der Waals surface area contributed by atoms with Gasteiger partial charge in [-0.15, -0.1) is 10.2 Å². The summed E-state index contributed by atoms with van der Waals surface area (Å²) in [4.78, 5) is 27.3. The summed E-state index contributed by atoms with van der Waals surface area (Å²) in [6, 6.07) is 7.76. The molecule has 3 aromatic rings. The average molecular weight is 407 g/mol. The molecule has 2 amide bonds. The number of nitrogens with one attached hydrogen (secondary N) is 1. The standard InChI is InChI=1S/C21H25N7O2/c1-4-9-28-15(3)19(20(25-28)26-12-22-23-13-26)24-21(30)16-10-18(29)27(11-16)17-7-5-14(2)6-8-17/h5-8,12-13,16H,4,9-11H2,1-3H3,(H,24,30)/t16-/m0/s1. The lowest BCUT2D eigenvalue weighted by Gasteiger charge is -2.17. The van der Waals surface area contributed by atoms with Crippen LogP contribution in [0.2, 0.25) is 0 Å². The van der Waals surface area contributed by atoms with Gasteiger partial charge >= 0.3 is 0 Å². The maximum Gasteiger partial charge on any atom is 0.229 e. The van der Waals surface area contributed by atoms with E-state index in [2.05, 4.69) is 27.5 Å². The van der Waals surface area contributed by atoms with Gasteiger partial charge in [-0.2, -0.15) is 5.10 Å². The fraction of sp³-hybridized carbons (Fsp3) is 0.381. The summed E-state index contributed by atoms with van der Waals surface area (Å²) in [5, 5.41) is 15.3. The zero-order chi connectivity index (χ0) is 21.3. The van der Waals surface area contributed by atoms with Crippen LogP contribution in [-0.4, -0.2) is 42.9 Å². The molecule has 9 heteroatoms. The van der Waals surface area contributed by atoms with Crippen LogP contribution in [0.4, 0.5) is 11.4 Å². The van der Waals surface area contributed by atoms with Crippen LogP contribution in [0.1, 0.15) is 31.0 Å². The van der Waals surface area contributed by atoms with Crippen molar-refractivity contribution < 1.29 is 9.59 Å². The van der Waals surface area contributed by atoms with E-state index >= 15 is 0 Å². The molecule has 0 bridgehead atoms. The SMILES string of the molecule is CCCn1nc(-n2cnnc2)c(NC(=O)[C@H]2CC(=O)N(c3ccc(C)cc3)C2)c1C. The quantitative estimate of drug-likeness (QED) is 0.677. The van der Waals surface area contributed by atoms with E-state index in [4.69, 9.17) is 0 Å². The van der Waals surface area contributed by atoms with Gasteiger partial charge in [0.2, 0.25) is 11.8 Å². The van der Waals surface area contributed by atoms with Crippen molar-refractivity contribution >= 4 is 23.2 Å². The number of aryl methyl sites for hydroxylation is 2. The van der Waals surface area contributed by atoms with Gasteiger partial charge in [0.15, 0.2) is 5.82 Å². The van der Waals surface area contributed by atoms with Gasteiger partial charge in [0.25, 0.3) is 0 Å². The van der Waals surface area contributed by atoms with Crippen LogP contribution in [0.3, 0.4) is 0 Å². The highest BCUT2D eigenvalue weighted by Crippen LogP contribution is 2.29. The maximum absolute atomic E-state index is 13.1. The molecule has 3 heterocycles. The first-order valence-electron chi connectivity index (χ1n) is 10.1. The van der Waals surface area contributed by atoms with Gasteiger partial charge in [-0.1, -0.05) is 24.6 Å². The predicted molar refractivity (Wildman–Crippen MR) is 112 cm³/mol. The van der Waals surface area contributed by atoms with Crippen LogP contribution >= 0.6 is 0 Å². The number of rotatable bonds is 6. The molecule has 1 N–H and O–H groups in total. The lowest BCUT2D eigenvalue weighted by atomic mass is 10.1. The Morgan fingerprint density at radius 2 is 1.87 bits per heavy atom. The molecule has 4 rings (SSSR count). The molecular formula is C21H25N7O2. The van der Waals surface area contributed by atoms with Gasteiger partial charge in [-0.05, 0) is 32.4 Å². The average Bonchev–Trinajstić information content (AvgIpc) is 3.45. The van der Waals surface area contributed by atoms with Crippen molar-refractivity contribution in [2.45, 2.75) is 40.2 Å². The van der Waals surface area contributed by atoms with Crippen LogP contribution < -0.4 is 10.2 Å². The van der Waals surface area contributed by atoms with E-state index in [1.54, 1.807) is 22.1 Å². The summed E-state index contributed by atoms with van der Waals surface area (Å²) in [6.07, 6.45) is 4.20. The number of anilines is 2. The van der Waals surface area contributed by atoms with E-state index < -0.39 is 5.92 Å². The summed E-state index contributed by atoms with van der Waals surface area (Å²) in [6.45, 7) is 7.09. The second-order valence-corrected chi connectivity index (χ2v) is 7.61. The summed E-state index contributed by atoms with van der Waals surface area (Å²) < 4.78 is 3.54. The Bertz CT molecular complexity index is 1050. The molecule has 9 nitrogen and oxygen atoms in total. The van der Waals surface area contributed by atoms with Gasteiger partial charge in [0, 0.05) is 25.2 Å². The van der Waals surface area contributed by atoms with Gasteiger partial charge in [0.1, 0.15) is 18.3 Å². The second kappa shape index (κ2) is 8.10. The normalized spacial score (nSPS) is 16.3. The molecule has 1 atom stereocenters. The van der Waals surface area contributed by atoms with Crippen LogP contribution in [0, 0.1) is 19.8 Å². The van der Waals surface area contributed by atoms with Crippen molar-refractivity contribution in [3.8, 4) is 5.82 Å². The van der Waals surface area contributed by atoms with Crippen molar-refractivity contribution in [2.24, 2.45) is 5.92 Å². The molecule has 0 unspecified atom stereocenters. The topological polar surface area (TPSA) is 97.9 Å². The van der Waals surface area contributed by atoms with Crippen LogP contribution in [0.5, 0.6) is 0 Å². The van der Waals surface area contributed by atoms with Crippen molar-refractivity contribution in [2.75, 3.05) is 16.8 Å². The molecule has 1 fully saturated rings. The van der Waals surface area contributed by atoms with Crippen molar-refractivity contribution in [3.63, 3.8) is 0 Å². The number of hydrogen-bond acceptors (Lipinski definition) is 5. The number of nitrogens with zero attached hydrogens (tertiary/aromatic N) is 6. The molecule has 2 aromatic heterocycles. The summed E-state index contributed by atoms with van der Waals surface area (Å²) in [5.41, 5.74) is 3.42. The molecule has 156 valence electrons. The Balaban J connectivity index is 1.55. The Kier molecular flexibility index (Phi) is 5.35. The van der Waals surface area contributed by atoms with E-state index in [9.17, 15) is 9.59 Å². The Morgan fingerprint density at radius 3 is 2.53 bits per heavy atom. The van der Waals surface area contributed by atoms with E-state index in [0.29, 0.717) is 18.1 Å². The van der Waals surface area contributed by atoms with Crippen LogP contribution in [0.15, 0.2) is 36.9 Å². The number of aromatic nitrogens is 5. The second-order valence-electron chi connectivity index (χ2n) is 7.61. The van der Waals surface area contributed by atoms with Gasteiger partial charge < -0.3 is 10.2 Å². The van der Waals surface area contributed by atoms with Crippen LogP contribution in [0.25, 0.3) is 5.82 Å². The van der Waals surface area contributed by atoms with E-state index in [1.807, 2.05) is 42.8 Å². The minimum atomic E-state index is -0.429. The number of benzene rings is 1. The molecule has 0 saturated carbocycles. The molecule has 1 aromatic carbocycles. The molecule has 30 heavy (non-hydrogen) atoms. The Hall–Kier alpha value is -3.49. The first kappa shape index (κ1) is 19.8. The van der Waals surface area contributed by atoms with Gasteiger partial charge in [-0.3, -0.25) is 18.8 Å². The number of carbonyl (C=O) groups excluding carboxylic acids is 2. The fourth-order valence-electron chi connectivity index (χ4n) is 3.68. The summed E-state index contributed by atoms with van der Waals surface area (Å²) in [5.74, 6) is -0.0941. The summed E-state index contributed by atoms with van der Waals surface area (Å²) >= 11 is 0. The molecule has 1 aliphatic rings. The van der Waals surface area contributed by atoms with Crippen molar-refractivity contribution in [3.05, 3.63) is 48.2 Å². The predicted octanol–water partition coefficient (Wildman–Crippen LogP) is 2.48. The van der Waals surface area contributed by atoms with E-state index in [0.717, 1.165) is 29.9 Å². The largest absolute Gasteiger partial charge is 0.321 e. The minimum absolute atomic E-state index is 0.0450. The molecule has 1 aliphatic heterocycles. The highest BCUT2D eigenvalue weighted by molar-refractivity contribution is 6.04. The first-order chi connectivity index (χ1) is 14.5. The monoisotopic (exact) mass is 407 g/mol. The third-order valence-corrected chi connectivity index (χ3v) is 5.38. The fourth-order valence-corrected chi connectivity index (χ4v) is 3.68. The highest BCUT2D eigenvalue weighted by Gasteiger charge is 2.36. The minimum Gasteiger partial charge on any atom is -0.321 e. The van der Waals surface area contributed by atoms with Crippen LogP contribution in [-0.2, 0) is 16.1 Å².